The second-order valence-corrected chi connectivity index (χ2v) is 9.20. The molecule has 0 spiro atoms. The van der Waals surface area contributed by atoms with E-state index in [-0.39, 0.29) is 24.3 Å². The minimum atomic E-state index is -1.04. The van der Waals surface area contributed by atoms with Crippen molar-refractivity contribution in [2.45, 2.75) is 45.3 Å². The maximum atomic E-state index is 12.9. The smallest absolute Gasteiger partial charge is 0.251 e. The molecule has 0 aliphatic carbocycles. The molecule has 160 valence electrons. The minimum Gasteiger partial charge on any atom is -0.384 e. The summed E-state index contributed by atoms with van der Waals surface area (Å²) in [6, 6.07) is 15.9. The van der Waals surface area contributed by atoms with Gasteiger partial charge in [0.05, 0.1) is 5.60 Å². The van der Waals surface area contributed by atoms with Gasteiger partial charge in [0, 0.05) is 41.6 Å². The van der Waals surface area contributed by atoms with E-state index in [1.807, 2.05) is 51.1 Å². The van der Waals surface area contributed by atoms with Gasteiger partial charge < -0.3 is 15.3 Å². The molecule has 0 radical (unpaired) electrons. The molecule has 1 aliphatic rings. The average molecular weight is 429 g/mol. The van der Waals surface area contributed by atoms with E-state index in [0.717, 1.165) is 5.56 Å². The van der Waals surface area contributed by atoms with Crippen LogP contribution in [0.15, 0.2) is 54.6 Å². The number of hydrogen-bond acceptors (Lipinski definition) is 3. The van der Waals surface area contributed by atoms with Crippen LogP contribution in [-0.4, -0.2) is 41.0 Å². The van der Waals surface area contributed by atoms with Crippen molar-refractivity contribution in [3.8, 4) is 0 Å². The number of likely N-dealkylation sites (tertiary alicyclic amines) is 1. The van der Waals surface area contributed by atoms with Gasteiger partial charge in [-0.2, -0.15) is 0 Å². The van der Waals surface area contributed by atoms with E-state index in [0.29, 0.717) is 30.1 Å². The fourth-order valence-corrected chi connectivity index (χ4v) is 4.26. The van der Waals surface area contributed by atoms with Gasteiger partial charge in [0.15, 0.2) is 0 Å². The molecule has 0 aromatic heterocycles. The van der Waals surface area contributed by atoms with Crippen LogP contribution in [0.2, 0.25) is 5.02 Å². The summed E-state index contributed by atoms with van der Waals surface area (Å²) in [5.74, 6) is -0.214. The first-order valence-electron chi connectivity index (χ1n) is 10.2. The van der Waals surface area contributed by atoms with E-state index in [1.54, 1.807) is 29.2 Å². The molecule has 2 N–H and O–H groups in total. The number of rotatable bonds is 5. The zero-order chi connectivity index (χ0) is 21.9. The summed E-state index contributed by atoms with van der Waals surface area (Å²) >= 11 is 5.99. The van der Waals surface area contributed by atoms with Crippen molar-refractivity contribution >= 4 is 23.4 Å². The van der Waals surface area contributed by atoms with Crippen LogP contribution >= 0.6 is 11.6 Å². The fourth-order valence-electron chi connectivity index (χ4n) is 4.13. The van der Waals surface area contributed by atoms with Gasteiger partial charge in [-0.1, -0.05) is 55.8 Å². The molecule has 1 heterocycles. The summed E-state index contributed by atoms with van der Waals surface area (Å²) in [7, 11) is 0. The van der Waals surface area contributed by atoms with Crippen LogP contribution in [0.25, 0.3) is 0 Å². The molecular formula is C24H29ClN2O3. The van der Waals surface area contributed by atoms with Crippen molar-refractivity contribution in [3.63, 3.8) is 0 Å². The van der Waals surface area contributed by atoms with Crippen molar-refractivity contribution < 1.29 is 14.7 Å². The lowest BCUT2D eigenvalue weighted by Gasteiger charge is -2.50. The molecule has 1 saturated heterocycles. The van der Waals surface area contributed by atoms with Gasteiger partial charge >= 0.3 is 0 Å². The number of benzene rings is 2. The van der Waals surface area contributed by atoms with Crippen LogP contribution in [0.3, 0.4) is 0 Å². The number of aliphatic hydroxyl groups is 1. The first-order valence-corrected chi connectivity index (χ1v) is 10.6. The summed E-state index contributed by atoms with van der Waals surface area (Å²) in [5.41, 5.74) is -0.191. The molecule has 5 nitrogen and oxygen atoms in total. The Labute approximate surface area is 183 Å². The Kier molecular flexibility index (Phi) is 6.53. The first-order chi connectivity index (χ1) is 14.1. The number of carbonyl (C=O) groups excluding carboxylic acids is 2. The Morgan fingerprint density at radius 1 is 1.13 bits per heavy atom. The third kappa shape index (κ3) is 4.68. The largest absolute Gasteiger partial charge is 0.384 e. The summed E-state index contributed by atoms with van der Waals surface area (Å²) in [6.45, 7) is 6.67. The van der Waals surface area contributed by atoms with Gasteiger partial charge in [-0.05, 0) is 43.2 Å². The topological polar surface area (TPSA) is 69.6 Å². The standard InChI is InChI=1S/C24H29ClN2O3/c1-17(26-22(29)18-7-5-4-6-8-18)15-21(28)27-14-13-24(30,23(2,3)16-27)19-9-11-20(25)12-10-19/h4-12,17,30H,13-16H2,1-3H3,(H,26,29)/t17-,24-/m0/s1. The highest BCUT2D eigenvalue weighted by molar-refractivity contribution is 6.30. The quantitative estimate of drug-likeness (QED) is 0.756. The van der Waals surface area contributed by atoms with Crippen LogP contribution in [-0.2, 0) is 10.4 Å². The fraction of sp³-hybridized carbons (Fsp3) is 0.417. The van der Waals surface area contributed by atoms with E-state index in [4.69, 9.17) is 11.6 Å². The molecule has 2 atom stereocenters. The zero-order valence-corrected chi connectivity index (χ0v) is 18.4. The molecule has 2 aromatic rings. The number of piperidine rings is 1. The monoisotopic (exact) mass is 428 g/mol. The second-order valence-electron chi connectivity index (χ2n) is 8.76. The predicted octanol–water partition coefficient (Wildman–Crippen LogP) is 3.99. The van der Waals surface area contributed by atoms with Gasteiger partial charge in [-0.3, -0.25) is 9.59 Å². The maximum Gasteiger partial charge on any atom is 0.251 e. The van der Waals surface area contributed by atoms with Crippen molar-refractivity contribution in [2.24, 2.45) is 5.41 Å². The van der Waals surface area contributed by atoms with Crippen molar-refractivity contribution in [3.05, 3.63) is 70.7 Å². The molecule has 0 bridgehead atoms. The minimum absolute atomic E-state index is 0.0258. The van der Waals surface area contributed by atoms with Crippen LogP contribution in [0.4, 0.5) is 0 Å². The molecule has 0 saturated carbocycles. The lowest BCUT2D eigenvalue weighted by atomic mass is 9.66. The highest BCUT2D eigenvalue weighted by atomic mass is 35.5. The van der Waals surface area contributed by atoms with Gasteiger partial charge in [0.1, 0.15) is 0 Å². The van der Waals surface area contributed by atoms with Crippen LogP contribution in [0.5, 0.6) is 0 Å². The van der Waals surface area contributed by atoms with Gasteiger partial charge in [-0.15, -0.1) is 0 Å². The van der Waals surface area contributed by atoms with Crippen molar-refractivity contribution in [2.75, 3.05) is 13.1 Å². The molecule has 2 aromatic carbocycles. The number of amides is 2. The lowest BCUT2D eigenvalue weighted by molar-refractivity contribution is -0.153. The number of carbonyl (C=O) groups is 2. The number of hydrogen-bond donors (Lipinski definition) is 2. The number of nitrogens with one attached hydrogen (secondary N) is 1. The molecule has 2 amide bonds. The van der Waals surface area contributed by atoms with Crippen LogP contribution < -0.4 is 5.32 Å². The maximum absolute atomic E-state index is 12.9. The van der Waals surface area contributed by atoms with Crippen LogP contribution in [0.1, 0.15) is 49.5 Å². The summed E-state index contributed by atoms with van der Waals surface area (Å²) in [6.07, 6.45) is 0.659. The van der Waals surface area contributed by atoms with E-state index in [1.165, 1.54) is 0 Å². The third-order valence-corrected chi connectivity index (χ3v) is 6.27. The summed E-state index contributed by atoms with van der Waals surface area (Å²) < 4.78 is 0. The Morgan fingerprint density at radius 3 is 2.37 bits per heavy atom. The molecule has 1 aliphatic heterocycles. The summed E-state index contributed by atoms with van der Waals surface area (Å²) in [5, 5.41) is 15.0. The van der Waals surface area contributed by atoms with Gasteiger partial charge in [0.2, 0.25) is 5.91 Å². The normalized spacial score (nSPS) is 21.7. The average Bonchev–Trinajstić information content (AvgIpc) is 2.71. The van der Waals surface area contributed by atoms with Crippen molar-refractivity contribution in [1.29, 1.82) is 0 Å². The Balaban J connectivity index is 1.62. The van der Waals surface area contributed by atoms with Gasteiger partial charge in [-0.25, -0.2) is 0 Å². The Hall–Kier alpha value is -2.37. The third-order valence-electron chi connectivity index (χ3n) is 6.02. The number of nitrogens with zero attached hydrogens (tertiary/aromatic N) is 1. The molecule has 6 heteroatoms. The summed E-state index contributed by atoms with van der Waals surface area (Å²) in [4.78, 5) is 27.0. The highest BCUT2D eigenvalue weighted by Crippen LogP contribution is 2.46. The van der Waals surface area contributed by atoms with E-state index in [9.17, 15) is 14.7 Å². The van der Waals surface area contributed by atoms with E-state index < -0.39 is 11.0 Å². The molecule has 0 unspecified atom stereocenters. The van der Waals surface area contributed by atoms with Crippen molar-refractivity contribution in [1.82, 2.24) is 10.2 Å². The SMILES string of the molecule is C[C@@H](CC(=O)N1CC[C@](O)(c2ccc(Cl)cc2)C(C)(C)C1)NC(=O)c1ccccc1. The molecule has 3 rings (SSSR count). The van der Waals surface area contributed by atoms with Crippen LogP contribution in [0, 0.1) is 5.41 Å². The molecule has 1 fully saturated rings. The lowest BCUT2D eigenvalue weighted by Crippen LogP contribution is -2.57. The first kappa shape index (κ1) is 22.3. The number of halogens is 1. The highest BCUT2D eigenvalue weighted by Gasteiger charge is 2.49. The predicted molar refractivity (Wildman–Crippen MR) is 118 cm³/mol. The molecule has 30 heavy (non-hydrogen) atoms. The Morgan fingerprint density at radius 2 is 1.77 bits per heavy atom. The van der Waals surface area contributed by atoms with E-state index in [2.05, 4.69) is 5.32 Å². The van der Waals surface area contributed by atoms with E-state index >= 15 is 0 Å². The van der Waals surface area contributed by atoms with Gasteiger partial charge in [0.25, 0.3) is 5.91 Å². The second kappa shape index (κ2) is 8.78. The zero-order valence-electron chi connectivity index (χ0n) is 17.7. The Bertz CT molecular complexity index is 898. The molecular weight excluding hydrogens is 400 g/mol.